The van der Waals surface area contributed by atoms with Crippen LogP contribution in [0.5, 0.6) is 5.75 Å². The summed E-state index contributed by atoms with van der Waals surface area (Å²) < 4.78 is 12.8. The highest BCUT2D eigenvalue weighted by Crippen LogP contribution is 2.28. The molecule has 2 aromatic heterocycles. The van der Waals surface area contributed by atoms with E-state index in [9.17, 15) is 0 Å². The molecular formula is C27H27N5O2S. The molecule has 7 nitrogen and oxygen atoms in total. The number of benzene rings is 2. The first-order valence-corrected chi connectivity index (χ1v) is 12.2. The van der Waals surface area contributed by atoms with E-state index in [1.807, 2.05) is 85.2 Å². The van der Waals surface area contributed by atoms with Crippen LogP contribution < -0.4 is 4.74 Å². The van der Waals surface area contributed by atoms with Crippen LogP contribution in [0, 0.1) is 6.92 Å². The summed E-state index contributed by atoms with van der Waals surface area (Å²) in [5, 5.41) is 13.9. The molecule has 4 aromatic rings. The molecule has 0 saturated heterocycles. The molecule has 2 heterocycles. The smallest absolute Gasteiger partial charge is 0.227 e. The van der Waals surface area contributed by atoms with Crippen LogP contribution in [0.2, 0.25) is 0 Å². The molecule has 8 heteroatoms. The standard InChI is InChI=1S/C27H27N5O2S/c1-5-7-21(8-6-2)26-29-30-27(32(26)22-13-15-23(33-4)16-14-22)35-18-17-24-28-25(31-34-24)20-11-9-19(3)10-12-20/h5-16H,1,17-18H2,2-4H3/b8-6-,21-7+. The van der Waals surface area contributed by atoms with Gasteiger partial charge >= 0.3 is 0 Å². The highest BCUT2D eigenvalue weighted by molar-refractivity contribution is 7.99. The van der Waals surface area contributed by atoms with Gasteiger partial charge in [0.05, 0.1) is 7.11 Å². The van der Waals surface area contributed by atoms with Crippen LogP contribution in [-0.2, 0) is 6.42 Å². The van der Waals surface area contributed by atoms with Crippen LogP contribution in [0.25, 0.3) is 22.6 Å². The summed E-state index contributed by atoms with van der Waals surface area (Å²) in [6, 6.07) is 15.9. The van der Waals surface area contributed by atoms with Gasteiger partial charge in [-0.25, -0.2) is 0 Å². The normalized spacial score (nSPS) is 11.8. The number of thioether (sulfide) groups is 1. The Morgan fingerprint density at radius 1 is 1.11 bits per heavy atom. The van der Waals surface area contributed by atoms with E-state index in [0.717, 1.165) is 33.6 Å². The van der Waals surface area contributed by atoms with E-state index in [-0.39, 0.29) is 0 Å². The van der Waals surface area contributed by atoms with Crippen molar-refractivity contribution < 1.29 is 9.26 Å². The van der Waals surface area contributed by atoms with Gasteiger partial charge in [0.1, 0.15) is 5.75 Å². The van der Waals surface area contributed by atoms with Crippen LogP contribution in [0.1, 0.15) is 24.2 Å². The Hall–Kier alpha value is -3.91. The van der Waals surface area contributed by atoms with Gasteiger partial charge in [-0.2, -0.15) is 4.98 Å². The molecule has 0 amide bonds. The molecule has 0 saturated carbocycles. The minimum absolute atomic E-state index is 0.588. The van der Waals surface area contributed by atoms with Crippen LogP contribution >= 0.6 is 11.8 Å². The molecule has 0 N–H and O–H groups in total. The fourth-order valence-electron chi connectivity index (χ4n) is 3.43. The number of ether oxygens (including phenoxy) is 1. The third-order valence-corrected chi connectivity index (χ3v) is 6.12. The summed E-state index contributed by atoms with van der Waals surface area (Å²) in [7, 11) is 1.65. The minimum Gasteiger partial charge on any atom is -0.497 e. The lowest BCUT2D eigenvalue weighted by atomic mass is 10.1. The lowest BCUT2D eigenvalue weighted by Gasteiger charge is -2.11. The monoisotopic (exact) mass is 485 g/mol. The third-order valence-electron chi connectivity index (χ3n) is 5.19. The van der Waals surface area contributed by atoms with Gasteiger partial charge in [-0.15, -0.1) is 10.2 Å². The Labute approximate surface area is 209 Å². The zero-order valence-electron chi connectivity index (χ0n) is 20.0. The number of rotatable bonds is 10. The Morgan fingerprint density at radius 2 is 1.89 bits per heavy atom. The molecule has 178 valence electrons. The summed E-state index contributed by atoms with van der Waals surface area (Å²) >= 11 is 1.58. The minimum atomic E-state index is 0.588. The molecule has 2 aromatic carbocycles. The van der Waals surface area contributed by atoms with E-state index in [1.165, 1.54) is 5.56 Å². The second kappa shape index (κ2) is 11.5. The molecule has 0 radical (unpaired) electrons. The Bertz CT molecular complexity index is 1330. The molecule has 0 spiro atoms. The van der Waals surface area contributed by atoms with Crippen molar-refractivity contribution in [2.75, 3.05) is 12.9 Å². The van der Waals surface area contributed by atoms with Crippen molar-refractivity contribution >= 4 is 17.3 Å². The maximum absolute atomic E-state index is 5.47. The average Bonchev–Trinajstić information content (AvgIpc) is 3.52. The molecule has 0 aliphatic rings. The molecule has 0 atom stereocenters. The Balaban J connectivity index is 1.56. The zero-order valence-corrected chi connectivity index (χ0v) is 20.8. The zero-order chi connectivity index (χ0) is 24.6. The fourth-order valence-corrected chi connectivity index (χ4v) is 4.31. The van der Waals surface area contributed by atoms with E-state index >= 15 is 0 Å². The van der Waals surface area contributed by atoms with Crippen LogP contribution in [0.3, 0.4) is 0 Å². The number of allylic oxidation sites excluding steroid dienone is 5. The average molecular weight is 486 g/mol. The van der Waals surface area contributed by atoms with E-state index in [4.69, 9.17) is 9.26 Å². The van der Waals surface area contributed by atoms with E-state index in [2.05, 4.69) is 26.9 Å². The van der Waals surface area contributed by atoms with Gasteiger partial charge in [0.25, 0.3) is 0 Å². The molecule has 0 bridgehead atoms. The van der Waals surface area contributed by atoms with Crippen LogP contribution in [0.15, 0.2) is 89.1 Å². The maximum Gasteiger partial charge on any atom is 0.227 e. The van der Waals surface area contributed by atoms with Crippen molar-refractivity contribution in [2.45, 2.75) is 25.4 Å². The molecule has 0 aliphatic carbocycles. The van der Waals surface area contributed by atoms with Gasteiger partial charge in [-0.1, -0.05) is 77.6 Å². The van der Waals surface area contributed by atoms with Gasteiger partial charge in [0.15, 0.2) is 11.0 Å². The predicted octanol–water partition coefficient (Wildman–Crippen LogP) is 6.11. The lowest BCUT2D eigenvalue weighted by Crippen LogP contribution is -2.03. The summed E-state index contributed by atoms with van der Waals surface area (Å²) in [5.41, 5.74) is 3.98. The van der Waals surface area contributed by atoms with Crippen molar-refractivity contribution in [3.63, 3.8) is 0 Å². The third kappa shape index (κ3) is 5.78. The number of methoxy groups -OCH3 is 1. The summed E-state index contributed by atoms with van der Waals surface area (Å²) in [6.45, 7) is 7.86. The first-order valence-electron chi connectivity index (χ1n) is 11.2. The van der Waals surface area contributed by atoms with Crippen molar-refractivity contribution in [1.29, 1.82) is 0 Å². The van der Waals surface area contributed by atoms with E-state index in [0.29, 0.717) is 23.9 Å². The van der Waals surface area contributed by atoms with Gasteiger partial charge in [0, 0.05) is 29.0 Å². The molecule has 0 fully saturated rings. The number of aryl methyl sites for hydroxylation is 2. The molecule has 0 unspecified atom stereocenters. The number of nitrogens with zero attached hydrogens (tertiary/aromatic N) is 5. The van der Waals surface area contributed by atoms with Crippen molar-refractivity contribution in [3.8, 4) is 22.8 Å². The van der Waals surface area contributed by atoms with Gasteiger partial charge in [0.2, 0.25) is 11.7 Å². The van der Waals surface area contributed by atoms with Gasteiger partial charge in [-0.05, 0) is 38.1 Å². The number of aromatic nitrogens is 5. The van der Waals surface area contributed by atoms with Gasteiger partial charge < -0.3 is 9.26 Å². The van der Waals surface area contributed by atoms with E-state index in [1.54, 1.807) is 24.9 Å². The first-order chi connectivity index (χ1) is 17.1. The van der Waals surface area contributed by atoms with Gasteiger partial charge in [-0.3, -0.25) is 4.57 Å². The molecule has 35 heavy (non-hydrogen) atoms. The fraction of sp³-hybridized carbons (Fsp3) is 0.185. The second-order valence-corrected chi connectivity index (χ2v) is 8.74. The number of hydrogen-bond acceptors (Lipinski definition) is 7. The molecular weight excluding hydrogens is 458 g/mol. The predicted molar refractivity (Wildman–Crippen MR) is 140 cm³/mol. The topological polar surface area (TPSA) is 78.9 Å². The second-order valence-electron chi connectivity index (χ2n) is 7.67. The SMILES string of the molecule is C=C/C=C(\C=C/C)c1nnc(SCCc2nc(-c3ccc(C)cc3)no2)n1-c1ccc(OC)cc1. The lowest BCUT2D eigenvalue weighted by molar-refractivity contribution is 0.383. The summed E-state index contributed by atoms with van der Waals surface area (Å²) in [5.74, 6) is 3.40. The molecule has 0 aliphatic heterocycles. The van der Waals surface area contributed by atoms with E-state index < -0.39 is 0 Å². The van der Waals surface area contributed by atoms with Crippen molar-refractivity contribution in [3.05, 3.63) is 96.7 Å². The number of hydrogen-bond donors (Lipinski definition) is 0. The van der Waals surface area contributed by atoms with Crippen molar-refractivity contribution in [1.82, 2.24) is 24.9 Å². The molecule has 4 rings (SSSR count). The van der Waals surface area contributed by atoms with Crippen molar-refractivity contribution in [2.24, 2.45) is 0 Å². The summed E-state index contributed by atoms with van der Waals surface area (Å²) in [4.78, 5) is 4.55. The summed E-state index contributed by atoms with van der Waals surface area (Å²) in [6.07, 6.45) is 8.24. The van der Waals surface area contributed by atoms with Crippen LogP contribution in [-0.4, -0.2) is 37.8 Å². The largest absolute Gasteiger partial charge is 0.497 e. The first kappa shape index (κ1) is 24.2. The maximum atomic E-state index is 5.47. The quantitative estimate of drug-likeness (QED) is 0.198. The highest BCUT2D eigenvalue weighted by atomic mass is 32.2. The Kier molecular flexibility index (Phi) is 7.95. The highest BCUT2D eigenvalue weighted by Gasteiger charge is 2.17. The Morgan fingerprint density at radius 3 is 2.57 bits per heavy atom. The van der Waals surface area contributed by atoms with Crippen LogP contribution in [0.4, 0.5) is 0 Å².